The second-order valence-electron chi connectivity index (χ2n) is 6.49. The molecule has 24 heavy (non-hydrogen) atoms. The number of hydrogen-bond donors (Lipinski definition) is 0. The normalized spacial score (nSPS) is 22.2. The molecule has 5 nitrogen and oxygen atoms in total. The molecule has 4 heterocycles. The van der Waals surface area contributed by atoms with Gasteiger partial charge in [-0.25, -0.2) is 4.98 Å². The van der Waals surface area contributed by atoms with Crippen LogP contribution >= 0.6 is 11.3 Å². The highest BCUT2D eigenvalue weighted by Gasteiger charge is 2.49. The van der Waals surface area contributed by atoms with Gasteiger partial charge in [0.15, 0.2) is 0 Å². The molecular formula is C18H20N2O3S. The minimum Gasteiger partial charge on any atom is -0.474 e. The first-order chi connectivity index (χ1) is 11.7. The Morgan fingerprint density at radius 2 is 2.33 bits per heavy atom. The van der Waals surface area contributed by atoms with Gasteiger partial charge in [-0.3, -0.25) is 4.79 Å². The Hall–Kier alpha value is -1.92. The van der Waals surface area contributed by atoms with E-state index in [-0.39, 0.29) is 17.6 Å². The summed E-state index contributed by atoms with van der Waals surface area (Å²) >= 11 is 1.62. The lowest BCUT2D eigenvalue weighted by atomic mass is 9.84. The minimum absolute atomic E-state index is 0.0998. The minimum atomic E-state index is -0.234. The summed E-state index contributed by atoms with van der Waals surface area (Å²) in [5.41, 5.74) is 0.856. The number of rotatable bonds is 4. The maximum atomic E-state index is 12.3. The number of ether oxygens (including phenoxy) is 2. The molecule has 126 valence electrons. The summed E-state index contributed by atoms with van der Waals surface area (Å²) in [6.45, 7) is 2.00. The molecule has 0 aromatic carbocycles. The fraction of sp³-hybridized carbons (Fsp3) is 0.444. The van der Waals surface area contributed by atoms with E-state index in [0.29, 0.717) is 32.0 Å². The fourth-order valence-corrected chi connectivity index (χ4v) is 4.07. The Bertz CT molecular complexity index is 684. The molecule has 4 rings (SSSR count). The monoisotopic (exact) mass is 344 g/mol. The van der Waals surface area contributed by atoms with E-state index >= 15 is 0 Å². The molecule has 1 spiro atoms. The maximum Gasteiger partial charge on any atom is 0.227 e. The third kappa shape index (κ3) is 3.30. The first kappa shape index (κ1) is 15.6. The molecule has 2 aliphatic heterocycles. The zero-order chi connectivity index (χ0) is 16.4. The van der Waals surface area contributed by atoms with Crippen LogP contribution in [0, 0.1) is 0 Å². The maximum absolute atomic E-state index is 12.3. The van der Waals surface area contributed by atoms with Crippen molar-refractivity contribution in [2.24, 2.45) is 0 Å². The average molecular weight is 344 g/mol. The van der Waals surface area contributed by atoms with Gasteiger partial charge in [0.2, 0.25) is 11.8 Å². The number of carbonyl (C=O) groups is 1. The van der Waals surface area contributed by atoms with Crippen molar-refractivity contribution >= 4 is 17.2 Å². The third-order valence-electron chi connectivity index (χ3n) is 4.62. The van der Waals surface area contributed by atoms with E-state index in [0.717, 1.165) is 18.4 Å². The quantitative estimate of drug-likeness (QED) is 0.855. The first-order valence-corrected chi connectivity index (χ1v) is 9.17. The number of hydrogen-bond acceptors (Lipinski definition) is 5. The van der Waals surface area contributed by atoms with E-state index in [1.165, 1.54) is 0 Å². The number of aromatic nitrogens is 1. The van der Waals surface area contributed by atoms with E-state index in [2.05, 4.69) is 4.98 Å². The van der Waals surface area contributed by atoms with Gasteiger partial charge < -0.3 is 14.4 Å². The number of pyridine rings is 1. The number of carbonyl (C=O) groups excluding carboxylic acids is 1. The smallest absolute Gasteiger partial charge is 0.227 e. The van der Waals surface area contributed by atoms with Gasteiger partial charge in [0.05, 0.1) is 26.1 Å². The van der Waals surface area contributed by atoms with Crippen LogP contribution in [0.5, 0.6) is 5.88 Å². The third-order valence-corrected chi connectivity index (χ3v) is 5.35. The Morgan fingerprint density at radius 3 is 3.08 bits per heavy atom. The van der Waals surface area contributed by atoms with Crippen LogP contribution in [-0.4, -0.2) is 47.2 Å². The van der Waals surface area contributed by atoms with Gasteiger partial charge in [0.1, 0.15) is 11.7 Å². The lowest BCUT2D eigenvalue weighted by Gasteiger charge is -2.52. The molecule has 2 saturated heterocycles. The summed E-state index contributed by atoms with van der Waals surface area (Å²) < 4.78 is 12.0. The highest BCUT2D eigenvalue weighted by Crippen LogP contribution is 2.35. The number of thiophene rings is 1. The van der Waals surface area contributed by atoms with E-state index < -0.39 is 0 Å². The summed E-state index contributed by atoms with van der Waals surface area (Å²) in [5, 5.41) is 4.03. The average Bonchev–Trinajstić information content (AvgIpc) is 3.06. The second-order valence-corrected chi connectivity index (χ2v) is 7.27. The molecule has 0 N–H and O–H groups in total. The van der Waals surface area contributed by atoms with Crippen LogP contribution in [0.25, 0.3) is 0 Å². The van der Waals surface area contributed by atoms with Crippen molar-refractivity contribution < 1.29 is 14.3 Å². The molecule has 0 saturated carbocycles. The van der Waals surface area contributed by atoms with Gasteiger partial charge in [-0.2, -0.15) is 11.3 Å². The molecule has 2 fully saturated rings. The summed E-state index contributed by atoms with van der Waals surface area (Å²) in [6, 6.07) is 7.68. The molecule has 1 atom stereocenters. The van der Waals surface area contributed by atoms with Crippen LogP contribution in [0.1, 0.15) is 18.4 Å². The zero-order valence-corrected chi connectivity index (χ0v) is 14.2. The second kappa shape index (κ2) is 6.53. The van der Waals surface area contributed by atoms with Crippen LogP contribution < -0.4 is 4.74 Å². The lowest BCUT2D eigenvalue weighted by Crippen LogP contribution is -2.67. The van der Waals surface area contributed by atoms with Gasteiger partial charge in [-0.15, -0.1) is 0 Å². The summed E-state index contributed by atoms with van der Waals surface area (Å²) in [5.74, 6) is 0.833. The predicted octanol–water partition coefficient (Wildman–Crippen LogP) is 2.52. The predicted molar refractivity (Wildman–Crippen MR) is 91.2 cm³/mol. The van der Waals surface area contributed by atoms with Crippen molar-refractivity contribution in [1.82, 2.24) is 9.88 Å². The highest BCUT2D eigenvalue weighted by atomic mass is 32.1. The molecule has 0 radical (unpaired) electrons. The summed E-state index contributed by atoms with van der Waals surface area (Å²) in [6.07, 6.45) is 3.99. The number of nitrogens with zero attached hydrogens (tertiary/aromatic N) is 2. The van der Waals surface area contributed by atoms with E-state index in [1.807, 2.05) is 39.9 Å². The van der Waals surface area contributed by atoms with Gasteiger partial charge in [-0.1, -0.05) is 6.07 Å². The van der Waals surface area contributed by atoms with Gasteiger partial charge in [-0.05, 0) is 28.5 Å². The van der Waals surface area contributed by atoms with Crippen LogP contribution in [0.3, 0.4) is 0 Å². The molecule has 0 unspecified atom stereocenters. The fourth-order valence-electron chi connectivity index (χ4n) is 3.40. The SMILES string of the molecule is O=C(Cc1ccsc1)N1CC2(C[C@@H](Oc3ccccn3)CCO2)C1. The van der Waals surface area contributed by atoms with Crippen LogP contribution in [-0.2, 0) is 16.0 Å². The molecule has 0 aliphatic carbocycles. The highest BCUT2D eigenvalue weighted by molar-refractivity contribution is 7.08. The van der Waals surface area contributed by atoms with E-state index in [9.17, 15) is 4.79 Å². The van der Waals surface area contributed by atoms with Gasteiger partial charge in [0, 0.05) is 25.1 Å². The van der Waals surface area contributed by atoms with Gasteiger partial charge in [0.25, 0.3) is 0 Å². The van der Waals surface area contributed by atoms with E-state index in [1.54, 1.807) is 17.5 Å². The molecule has 1 amide bonds. The van der Waals surface area contributed by atoms with Crippen LogP contribution in [0.15, 0.2) is 41.2 Å². The van der Waals surface area contributed by atoms with Crippen molar-refractivity contribution in [1.29, 1.82) is 0 Å². The molecule has 2 aliphatic rings. The first-order valence-electron chi connectivity index (χ1n) is 8.23. The topological polar surface area (TPSA) is 51.7 Å². The lowest BCUT2D eigenvalue weighted by molar-refractivity contribution is -0.193. The molecule has 0 bridgehead atoms. The standard InChI is InChI=1S/C18H20N2O3S/c21-17(9-14-5-8-24-11-14)20-12-18(13-20)10-15(4-7-22-18)23-16-3-1-2-6-19-16/h1-3,5-6,8,11,15H,4,7,9-10,12-13H2/t15-/m0/s1. The number of likely N-dealkylation sites (tertiary alicyclic amines) is 1. The largest absolute Gasteiger partial charge is 0.474 e. The van der Waals surface area contributed by atoms with Crippen molar-refractivity contribution in [3.8, 4) is 5.88 Å². The van der Waals surface area contributed by atoms with Crippen LogP contribution in [0.4, 0.5) is 0 Å². The molecular weight excluding hydrogens is 324 g/mol. The Labute approximate surface area is 145 Å². The Balaban J connectivity index is 1.31. The molecule has 2 aromatic rings. The summed E-state index contributed by atoms with van der Waals surface area (Å²) in [7, 11) is 0. The Kier molecular flexibility index (Phi) is 4.24. The molecule has 6 heteroatoms. The van der Waals surface area contributed by atoms with Crippen molar-refractivity contribution in [3.63, 3.8) is 0 Å². The van der Waals surface area contributed by atoms with Crippen molar-refractivity contribution in [3.05, 3.63) is 46.8 Å². The van der Waals surface area contributed by atoms with Gasteiger partial charge >= 0.3 is 0 Å². The van der Waals surface area contributed by atoms with Crippen molar-refractivity contribution in [2.75, 3.05) is 19.7 Å². The summed E-state index contributed by atoms with van der Waals surface area (Å²) in [4.78, 5) is 18.4. The number of amides is 1. The zero-order valence-electron chi connectivity index (χ0n) is 13.4. The van der Waals surface area contributed by atoms with Crippen LogP contribution in [0.2, 0.25) is 0 Å². The van der Waals surface area contributed by atoms with E-state index in [4.69, 9.17) is 9.47 Å². The molecule has 2 aromatic heterocycles. The Morgan fingerprint density at radius 1 is 1.42 bits per heavy atom. The van der Waals surface area contributed by atoms with Crippen molar-refractivity contribution in [2.45, 2.75) is 31.0 Å².